The van der Waals surface area contributed by atoms with Crippen LogP contribution in [0.1, 0.15) is 126 Å². The Morgan fingerprint density at radius 2 is 1.04 bits per heavy atom. The number of hydrogen-bond donors (Lipinski definition) is 0. The number of aryl methyl sites for hydroxylation is 4. The molecule has 0 spiro atoms. The van der Waals surface area contributed by atoms with Gasteiger partial charge in [0.2, 0.25) is 5.88 Å². The molecule has 5 heteroatoms. The quantitative estimate of drug-likeness (QED) is 0.159. The van der Waals surface area contributed by atoms with Gasteiger partial charge in [-0.25, -0.2) is 0 Å². The van der Waals surface area contributed by atoms with Gasteiger partial charge in [-0.15, -0.1) is 0 Å². The molecule has 12 rings (SSSR count). The minimum atomic E-state index is -0.0229. The Labute approximate surface area is 319 Å². The second-order valence-corrected chi connectivity index (χ2v) is 20.3. The largest absolute Gasteiger partial charge is 0.458 e. The van der Waals surface area contributed by atoms with Crippen molar-refractivity contribution >= 4 is 44.9 Å². The molecular formula is C49H49BN2O2. The topological polar surface area (TPSA) is 36.3 Å². The first-order valence-corrected chi connectivity index (χ1v) is 20.6. The molecule has 0 unspecified atom stereocenters. The van der Waals surface area contributed by atoms with Gasteiger partial charge < -0.3 is 9.47 Å². The van der Waals surface area contributed by atoms with Crippen LogP contribution in [0.4, 0.5) is 0 Å². The predicted octanol–water partition coefficient (Wildman–Crippen LogP) is 9.80. The fourth-order valence-electron chi connectivity index (χ4n) is 13.0. The summed E-state index contributed by atoms with van der Waals surface area (Å²) in [5.74, 6) is 4.40. The van der Waals surface area contributed by atoms with Crippen molar-refractivity contribution < 1.29 is 9.47 Å². The fourth-order valence-corrected chi connectivity index (χ4v) is 13.0. The molecule has 6 aromatic rings. The molecule has 0 bridgehead atoms. The summed E-state index contributed by atoms with van der Waals surface area (Å²) >= 11 is 0. The highest BCUT2D eigenvalue weighted by Gasteiger charge is 2.49. The molecule has 4 aromatic carbocycles. The van der Waals surface area contributed by atoms with E-state index in [2.05, 4.69) is 115 Å². The number of ether oxygens (including phenoxy) is 2. The minimum Gasteiger partial charge on any atom is -0.458 e. The van der Waals surface area contributed by atoms with Gasteiger partial charge in [-0.1, -0.05) is 91.8 Å². The first kappa shape index (κ1) is 31.8. The average Bonchev–Trinajstić information content (AvgIpc) is 3.90. The van der Waals surface area contributed by atoms with Gasteiger partial charge in [0.15, 0.2) is 0 Å². The molecule has 0 amide bonds. The third-order valence-corrected chi connectivity index (χ3v) is 14.8. The van der Waals surface area contributed by atoms with Crippen LogP contribution >= 0.6 is 0 Å². The van der Waals surface area contributed by atoms with Crippen LogP contribution in [-0.2, 0) is 47.3 Å². The van der Waals surface area contributed by atoms with Crippen molar-refractivity contribution in [3.8, 4) is 28.9 Å². The van der Waals surface area contributed by atoms with Gasteiger partial charge in [0.05, 0.1) is 11.0 Å². The first-order valence-electron chi connectivity index (χ1n) is 20.6. The Bertz CT molecular complexity index is 2560. The molecule has 4 nitrogen and oxygen atoms in total. The predicted molar refractivity (Wildman–Crippen MR) is 222 cm³/mol. The lowest BCUT2D eigenvalue weighted by molar-refractivity contribution is 0.402. The molecule has 0 radical (unpaired) electrons. The molecule has 4 heterocycles. The van der Waals surface area contributed by atoms with Crippen LogP contribution in [0.3, 0.4) is 0 Å². The van der Waals surface area contributed by atoms with Crippen molar-refractivity contribution in [2.45, 2.75) is 128 Å². The zero-order valence-corrected chi connectivity index (χ0v) is 33.1. The zero-order valence-electron chi connectivity index (χ0n) is 33.1. The molecule has 0 saturated heterocycles. The van der Waals surface area contributed by atoms with Gasteiger partial charge in [0.1, 0.15) is 23.1 Å². The zero-order chi connectivity index (χ0) is 36.8. The van der Waals surface area contributed by atoms with Crippen LogP contribution in [0.15, 0.2) is 54.6 Å². The lowest BCUT2D eigenvalue weighted by Gasteiger charge is -2.35. The van der Waals surface area contributed by atoms with Crippen molar-refractivity contribution in [2.75, 3.05) is 0 Å². The molecule has 6 aliphatic rings. The Morgan fingerprint density at radius 1 is 0.556 bits per heavy atom. The number of hydrogen-bond acceptors (Lipinski definition) is 3. The van der Waals surface area contributed by atoms with E-state index in [0.29, 0.717) is 5.88 Å². The van der Waals surface area contributed by atoms with Crippen molar-refractivity contribution in [3.63, 3.8) is 0 Å². The molecule has 270 valence electrons. The molecule has 2 aliphatic heterocycles. The molecule has 4 aliphatic carbocycles. The van der Waals surface area contributed by atoms with Crippen LogP contribution in [0.25, 0.3) is 27.6 Å². The van der Waals surface area contributed by atoms with E-state index in [4.69, 9.17) is 14.5 Å². The summed E-state index contributed by atoms with van der Waals surface area (Å²) < 4.78 is 16.9. The molecule has 0 atom stereocenters. The van der Waals surface area contributed by atoms with E-state index < -0.39 is 0 Å². The molecule has 54 heavy (non-hydrogen) atoms. The third kappa shape index (κ3) is 3.94. The second-order valence-electron chi connectivity index (χ2n) is 20.3. The number of pyridine rings is 1. The van der Waals surface area contributed by atoms with Gasteiger partial charge in [0, 0.05) is 22.3 Å². The molecular weight excluding hydrogens is 659 g/mol. The summed E-state index contributed by atoms with van der Waals surface area (Å²) in [6.45, 7) is 19.2. The lowest BCUT2D eigenvalue weighted by Crippen LogP contribution is -2.58. The summed E-state index contributed by atoms with van der Waals surface area (Å²) in [5, 5.41) is 2.68. The van der Waals surface area contributed by atoms with Gasteiger partial charge in [-0.2, -0.15) is 4.98 Å². The maximum absolute atomic E-state index is 7.21. The number of aromatic nitrogens is 2. The number of fused-ring (bicyclic) bond motifs is 13. The lowest BCUT2D eigenvalue weighted by atomic mass is 9.34. The Morgan fingerprint density at radius 3 is 1.56 bits per heavy atom. The van der Waals surface area contributed by atoms with Gasteiger partial charge in [-0.3, -0.25) is 4.57 Å². The maximum Gasteiger partial charge on any atom is 0.262 e. The highest BCUT2D eigenvalue weighted by Crippen LogP contribution is 2.53. The second kappa shape index (κ2) is 9.83. The van der Waals surface area contributed by atoms with E-state index in [1.807, 2.05) is 0 Å². The average molecular weight is 709 g/mol. The number of nitrogens with zero attached hydrogens (tertiary/aromatic N) is 2. The summed E-state index contributed by atoms with van der Waals surface area (Å²) in [6, 6.07) is 21.6. The Hall–Kier alpha value is -4.51. The molecule has 0 N–H and O–H groups in total. The van der Waals surface area contributed by atoms with E-state index in [1.54, 1.807) is 0 Å². The number of benzene rings is 4. The number of rotatable bonds is 1. The summed E-state index contributed by atoms with van der Waals surface area (Å²) in [4.78, 5) is 5.62. The van der Waals surface area contributed by atoms with Gasteiger partial charge in [-0.05, 0) is 141 Å². The summed E-state index contributed by atoms with van der Waals surface area (Å²) in [5.41, 5.74) is 18.2. The standard InChI is InChI=1S/C49H49BN2O2/c1-46(2)24-48(5,6)34-21-38-36(19-32(34)46)50-37-20-33-35(49(7,8)25-47(33,3)4)22-39(37)54-45-42(50)40(53-38)23-41(51-45)52-43-28-13-9-11-26(28)15-17-30(43)31-18-16-27-12-10-14-29(27)44(31)52/h15-23H,9-14,24-25H2,1-8H3. The van der Waals surface area contributed by atoms with Crippen molar-refractivity contribution in [2.24, 2.45) is 0 Å². The smallest absolute Gasteiger partial charge is 0.262 e. The maximum atomic E-state index is 7.21. The normalized spacial score (nSPS) is 20.9. The first-order chi connectivity index (χ1) is 25.7. The van der Waals surface area contributed by atoms with Crippen LogP contribution in [0.5, 0.6) is 23.1 Å². The van der Waals surface area contributed by atoms with E-state index in [-0.39, 0.29) is 28.4 Å². The SMILES string of the molecule is CC1(C)CC(C)(C)c2cc3c(cc21)Oc1cc(-n2c4c5c(ccc4c4ccc6c(c42)CCC6)CCC5)nc2c1B3c1cc3c(cc1O2)C(C)(C)CC3(C)C. The Balaban J connectivity index is 1.16. The highest BCUT2D eigenvalue weighted by molar-refractivity contribution is 6.98. The van der Waals surface area contributed by atoms with E-state index in [0.717, 1.165) is 67.1 Å². The third-order valence-electron chi connectivity index (χ3n) is 14.8. The minimum absolute atomic E-state index is 0.0229. The monoisotopic (exact) mass is 708 g/mol. The fraction of sp³-hybridized carbons (Fsp3) is 0.408. The van der Waals surface area contributed by atoms with Crippen LogP contribution in [0.2, 0.25) is 0 Å². The van der Waals surface area contributed by atoms with Crippen LogP contribution in [-0.4, -0.2) is 16.3 Å². The van der Waals surface area contributed by atoms with Crippen molar-refractivity contribution in [1.29, 1.82) is 0 Å². The van der Waals surface area contributed by atoms with E-state index >= 15 is 0 Å². The van der Waals surface area contributed by atoms with Gasteiger partial charge >= 0.3 is 0 Å². The van der Waals surface area contributed by atoms with E-state index in [9.17, 15) is 0 Å². The highest BCUT2D eigenvalue weighted by atomic mass is 16.5. The van der Waals surface area contributed by atoms with Crippen molar-refractivity contribution in [3.05, 3.63) is 99.1 Å². The molecule has 0 fully saturated rings. The summed E-state index contributed by atoms with van der Waals surface area (Å²) in [7, 11) is 0. The van der Waals surface area contributed by atoms with Crippen molar-refractivity contribution in [1.82, 2.24) is 9.55 Å². The molecule has 2 aromatic heterocycles. The van der Waals surface area contributed by atoms with Crippen LogP contribution < -0.4 is 25.9 Å². The van der Waals surface area contributed by atoms with Crippen LogP contribution in [0, 0.1) is 0 Å². The van der Waals surface area contributed by atoms with Gasteiger partial charge in [0.25, 0.3) is 6.71 Å². The summed E-state index contributed by atoms with van der Waals surface area (Å²) in [6.07, 6.45) is 9.13. The van der Waals surface area contributed by atoms with E-state index in [1.165, 1.54) is 90.1 Å². The Kier molecular flexibility index (Phi) is 5.79. The molecule has 0 saturated carbocycles.